The van der Waals surface area contributed by atoms with Gasteiger partial charge in [-0.3, -0.25) is 0 Å². The lowest BCUT2D eigenvalue weighted by molar-refractivity contribution is 0.954. The Balaban J connectivity index is 1.90. The van der Waals surface area contributed by atoms with Crippen LogP contribution in [-0.4, -0.2) is 26.5 Å². The Labute approximate surface area is 127 Å². The molecule has 0 saturated carbocycles. The van der Waals surface area contributed by atoms with Gasteiger partial charge in [-0.15, -0.1) is 0 Å². The highest BCUT2D eigenvalue weighted by molar-refractivity contribution is 7.99. The summed E-state index contributed by atoms with van der Waals surface area (Å²) >= 11 is 1.52. The molecule has 2 aromatic heterocycles. The molecule has 108 valence electrons. The number of aromatic nitrogens is 4. The number of hydrogen-bond donors (Lipinski definition) is 2. The number of nitrogens with zero attached hydrogens (tertiary/aromatic N) is 3. The van der Waals surface area contributed by atoms with Gasteiger partial charge in [0.2, 0.25) is 0 Å². The Morgan fingerprint density at radius 3 is 2.81 bits per heavy atom. The van der Waals surface area contributed by atoms with Gasteiger partial charge in [-0.05, 0) is 50.2 Å². The third-order valence-electron chi connectivity index (χ3n) is 2.99. The molecule has 1 aromatic carbocycles. The number of H-pyrrole nitrogens is 1. The van der Waals surface area contributed by atoms with Crippen molar-refractivity contribution in [1.82, 2.24) is 19.9 Å². The lowest BCUT2D eigenvalue weighted by Gasteiger charge is -2.05. The summed E-state index contributed by atoms with van der Waals surface area (Å²) in [6.45, 7) is 6.85. The van der Waals surface area contributed by atoms with Crippen LogP contribution in [0.3, 0.4) is 0 Å². The molecule has 0 aliphatic carbocycles. The van der Waals surface area contributed by atoms with Crippen molar-refractivity contribution in [3.05, 3.63) is 35.7 Å². The molecule has 0 aliphatic rings. The van der Waals surface area contributed by atoms with E-state index in [0.29, 0.717) is 0 Å². The van der Waals surface area contributed by atoms with Crippen molar-refractivity contribution in [2.75, 3.05) is 11.9 Å². The number of benzene rings is 1. The zero-order valence-electron chi connectivity index (χ0n) is 12.3. The second-order valence-electron chi connectivity index (χ2n) is 4.83. The maximum atomic E-state index is 4.58. The summed E-state index contributed by atoms with van der Waals surface area (Å²) in [7, 11) is 0. The molecular formula is C15H17N5S. The van der Waals surface area contributed by atoms with Gasteiger partial charge in [-0.1, -0.05) is 6.07 Å². The lowest BCUT2D eigenvalue weighted by Crippen LogP contribution is -2.02. The molecule has 0 bridgehead atoms. The number of imidazole rings is 1. The SMILES string of the molecule is CCNc1cc(Sc2nc3ccc(C)cc3[nH]2)nc(C)n1. The van der Waals surface area contributed by atoms with Crippen LogP contribution in [0.25, 0.3) is 11.0 Å². The molecule has 3 aromatic rings. The smallest absolute Gasteiger partial charge is 0.172 e. The van der Waals surface area contributed by atoms with Crippen molar-refractivity contribution in [3.63, 3.8) is 0 Å². The molecule has 5 nitrogen and oxygen atoms in total. The highest BCUT2D eigenvalue weighted by Gasteiger charge is 2.08. The molecule has 6 heteroatoms. The number of fused-ring (bicyclic) bond motifs is 1. The second kappa shape index (κ2) is 5.73. The molecule has 0 amide bonds. The molecule has 0 atom stereocenters. The quantitative estimate of drug-likeness (QED) is 0.721. The van der Waals surface area contributed by atoms with Crippen LogP contribution in [-0.2, 0) is 0 Å². The van der Waals surface area contributed by atoms with Crippen molar-refractivity contribution >= 4 is 28.6 Å². The summed E-state index contributed by atoms with van der Waals surface area (Å²) in [4.78, 5) is 16.7. The molecule has 0 aliphatic heterocycles. The largest absolute Gasteiger partial charge is 0.370 e. The van der Waals surface area contributed by atoms with Crippen LogP contribution in [0.1, 0.15) is 18.3 Å². The number of aromatic amines is 1. The monoisotopic (exact) mass is 299 g/mol. The predicted octanol–water partition coefficient (Wildman–Crippen LogP) is 3.55. The molecule has 0 fully saturated rings. The van der Waals surface area contributed by atoms with Gasteiger partial charge in [-0.2, -0.15) is 0 Å². The normalized spacial score (nSPS) is 11.0. The minimum atomic E-state index is 0.753. The number of hydrogen-bond acceptors (Lipinski definition) is 5. The molecule has 0 saturated heterocycles. The predicted molar refractivity (Wildman–Crippen MR) is 85.9 cm³/mol. The van der Waals surface area contributed by atoms with E-state index in [4.69, 9.17) is 0 Å². The van der Waals surface area contributed by atoms with Crippen molar-refractivity contribution in [2.24, 2.45) is 0 Å². The zero-order valence-corrected chi connectivity index (χ0v) is 13.1. The van der Waals surface area contributed by atoms with Gasteiger partial charge in [0.1, 0.15) is 16.7 Å². The first-order chi connectivity index (χ1) is 10.1. The van der Waals surface area contributed by atoms with E-state index in [9.17, 15) is 0 Å². The first-order valence-electron chi connectivity index (χ1n) is 6.88. The van der Waals surface area contributed by atoms with Crippen LogP contribution >= 0.6 is 11.8 Å². The van der Waals surface area contributed by atoms with Gasteiger partial charge in [0, 0.05) is 12.6 Å². The third-order valence-corrected chi connectivity index (χ3v) is 3.79. The van der Waals surface area contributed by atoms with E-state index in [0.717, 1.165) is 39.4 Å². The van der Waals surface area contributed by atoms with E-state index in [2.05, 4.69) is 44.3 Å². The highest BCUT2D eigenvalue weighted by atomic mass is 32.2. The molecule has 2 heterocycles. The van der Waals surface area contributed by atoms with Crippen molar-refractivity contribution in [1.29, 1.82) is 0 Å². The minimum Gasteiger partial charge on any atom is -0.370 e. The van der Waals surface area contributed by atoms with E-state index < -0.39 is 0 Å². The van der Waals surface area contributed by atoms with Gasteiger partial charge in [0.05, 0.1) is 11.0 Å². The van der Waals surface area contributed by atoms with E-state index in [1.54, 1.807) is 0 Å². The second-order valence-corrected chi connectivity index (χ2v) is 5.84. The summed E-state index contributed by atoms with van der Waals surface area (Å²) in [5.74, 6) is 1.60. The Kier molecular flexibility index (Phi) is 3.79. The topological polar surface area (TPSA) is 66.5 Å². The Morgan fingerprint density at radius 1 is 1.14 bits per heavy atom. The summed E-state index contributed by atoms with van der Waals surface area (Å²) in [5.41, 5.74) is 3.24. The van der Waals surface area contributed by atoms with Crippen molar-refractivity contribution in [3.8, 4) is 0 Å². The average Bonchev–Trinajstić information content (AvgIpc) is 2.79. The molecule has 21 heavy (non-hydrogen) atoms. The zero-order chi connectivity index (χ0) is 14.8. The van der Waals surface area contributed by atoms with Crippen LogP contribution in [0.15, 0.2) is 34.4 Å². The molecular weight excluding hydrogens is 282 g/mol. The van der Waals surface area contributed by atoms with Crippen LogP contribution < -0.4 is 5.32 Å². The lowest BCUT2D eigenvalue weighted by atomic mass is 10.2. The Hall–Kier alpha value is -2.08. The number of nitrogens with one attached hydrogen (secondary N) is 2. The molecule has 0 radical (unpaired) electrons. The fourth-order valence-electron chi connectivity index (χ4n) is 2.11. The van der Waals surface area contributed by atoms with Gasteiger partial charge in [0.25, 0.3) is 0 Å². The molecule has 0 spiro atoms. The average molecular weight is 299 g/mol. The summed E-state index contributed by atoms with van der Waals surface area (Å²) in [6, 6.07) is 8.14. The summed E-state index contributed by atoms with van der Waals surface area (Å²) in [6.07, 6.45) is 0. The van der Waals surface area contributed by atoms with Crippen molar-refractivity contribution < 1.29 is 0 Å². The fourth-order valence-corrected chi connectivity index (χ4v) is 2.96. The number of anilines is 1. The number of aryl methyl sites for hydroxylation is 2. The van der Waals surface area contributed by atoms with Crippen LogP contribution in [0.5, 0.6) is 0 Å². The Morgan fingerprint density at radius 2 is 2.00 bits per heavy atom. The van der Waals surface area contributed by atoms with Gasteiger partial charge < -0.3 is 10.3 Å². The van der Waals surface area contributed by atoms with Crippen LogP contribution in [0, 0.1) is 13.8 Å². The molecule has 3 rings (SSSR count). The van der Waals surface area contributed by atoms with Crippen molar-refractivity contribution in [2.45, 2.75) is 31.0 Å². The molecule has 2 N–H and O–H groups in total. The maximum Gasteiger partial charge on any atom is 0.172 e. The molecule has 0 unspecified atom stereocenters. The van der Waals surface area contributed by atoms with Gasteiger partial charge in [-0.25, -0.2) is 15.0 Å². The van der Waals surface area contributed by atoms with E-state index >= 15 is 0 Å². The van der Waals surface area contributed by atoms with E-state index in [1.807, 2.05) is 26.0 Å². The third kappa shape index (κ3) is 3.16. The van der Waals surface area contributed by atoms with Crippen LogP contribution in [0.2, 0.25) is 0 Å². The maximum absolute atomic E-state index is 4.58. The first kappa shape index (κ1) is 13.9. The minimum absolute atomic E-state index is 0.753. The number of rotatable bonds is 4. The van der Waals surface area contributed by atoms with Gasteiger partial charge in [0.15, 0.2) is 5.16 Å². The van der Waals surface area contributed by atoms with E-state index in [-0.39, 0.29) is 0 Å². The van der Waals surface area contributed by atoms with E-state index in [1.165, 1.54) is 17.3 Å². The fraction of sp³-hybridized carbons (Fsp3) is 0.267. The highest BCUT2D eigenvalue weighted by Crippen LogP contribution is 2.27. The first-order valence-corrected chi connectivity index (χ1v) is 7.69. The van der Waals surface area contributed by atoms with Gasteiger partial charge >= 0.3 is 0 Å². The summed E-state index contributed by atoms with van der Waals surface area (Å²) in [5, 5.41) is 4.94. The van der Waals surface area contributed by atoms with Crippen LogP contribution in [0.4, 0.5) is 5.82 Å². The Bertz CT molecular complexity index is 781. The summed E-state index contributed by atoms with van der Waals surface area (Å²) < 4.78 is 0. The standard InChI is InChI=1S/C15H17N5S/c1-4-16-13-8-14(18-10(3)17-13)21-15-19-11-6-5-9(2)7-12(11)20-15/h5-8H,4H2,1-3H3,(H,19,20)(H,16,17,18).